The topological polar surface area (TPSA) is 83.1 Å². The number of methoxy groups -OCH3 is 1. The van der Waals surface area contributed by atoms with E-state index in [0.717, 1.165) is 24.0 Å². The van der Waals surface area contributed by atoms with Gasteiger partial charge < -0.3 is 19.5 Å². The van der Waals surface area contributed by atoms with Gasteiger partial charge in [-0.05, 0) is 80.1 Å². The standard InChI is InChI=1S/C32H37Cl2N3O4/c1-20(2)41-28-18-26(40-3)12-13-27(28)32(31(39)37-16-14-21(19-38)15-17-37)35-29(22-4-8-24(33)9-5-22)30(36-32)23-6-10-25(34)11-7-23/h4-13,18,20-21,29-30,35-36,38H,14-17,19H2,1-3H3. The lowest BCUT2D eigenvalue weighted by atomic mass is 9.93. The van der Waals surface area contributed by atoms with Crippen molar-refractivity contribution in [2.24, 2.45) is 5.92 Å². The van der Waals surface area contributed by atoms with E-state index in [1.165, 1.54) is 0 Å². The predicted molar refractivity (Wildman–Crippen MR) is 161 cm³/mol. The molecule has 1 amide bonds. The molecule has 2 unspecified atom stereocenters. The summed E-state index contributed by atoms with van der Waals surface area (Å²) >= 11 is 12.5. The molecule has 2 atom stereocenters. The smallest absolute Gasteiger partial charge is 0.262 e. The number of ether oxygens (including phenoxy) is 2. The van der Waals surface area contributed by atoms with Gasteiger partial charge in [-0.3, -0.25) is 15.4 Å². The number of benzene rings is 3. The number of halogens is 2. The van der Waals surface area contributed by atoms with Crippen molar-refractivity contribution in [1.82, 2.24) is 15.5 Å². The van der Waals surface area contributed by atoms with Gasteiger partial charge in [0, 0.05) is 41.4 Å². The number of rotatable bonds is 8. The summed E-state index contributed by atoms with van der Waals surface area (Å²) in [5, 5.41) is 18.5. The summed E-state index contributed by atoms with van der Waals surface area (Å²) < 4.78 is 11.8. The summed E-state index contributed by atoms with van der Waals surface area (Å²) in [5.41, 5.74) is 1.32. The van der Waals surface area contributed by atoms with Gasteiger partial charge in [0.15, 0.2) is 5.66 Å². The SMILES string of the molecule is COc1ccc(C2(C(=O)N3CCC(CO)CC3)NC(c3ccc(Cl)cc3)C(c3ccc(Cl)cc3)N2)c(OC(C)C)c1. The molecule has 0 bridgehead atoms. The van der Waals surface area contributed by atoms with E-state index in [1.807, 2.05) is 85.5 Å². The lowest BCUT2D eigenvalue weighted by Gasteiger charge is -2.39. The third-order valence-corrected chi connectivity index (χ3v) is 8.48. The minimum Gasteiger partial charge on any atom is -0.497 e. The van der Waals surface area contributed by atoms with E-state index in [9.17, 15) is 9.90 Å². The molecule has 3 aromatic rings. The molecule has 2 saturated heterocycles. The maximum Gasteiger partial charge on any atom is 0.262 e. The molecule has 41 heavy (non-hydrogen) atoms. The number of likely N-dealkylation sites (tertiary alicyclic amines) is 1. The Labute approximate surface area is 251 Å². The van der Waals surface area contributed by atoms with Crippen LogP contribution in [0, 0.1) is 5.92 Å². The summed E-state index contributed by atoms with van der Waals surface area (Å²) in [7, 11) is 1.61. The monoisotopic (exact) mass is 597 g/mol. The highest BCUT2D eigenvalue weighted by Gasteiger charge is 2.54. The van der Waals surface area contributed by atoms with Crippen LogP contribution in [-0.2, 0) is 10.5 Å². The first-order chi connectivity index (χ1) is 19.7. The minimum atomic E-state index is -1.32. The molecule has 0 aromatic heterocycles. The van der Waals surface area contributed by atoms with Gasteiger partial charge in [-0.15, -0.1) is 0 Å². The Morgan fingerprint density at radius 3 is 1.95 bits per heavy atom. The van der Waals surface area contributed by atoms with Crippen LogP contribution in [0.5, 0.6) is 11.5 Å². The number of hydrogen-bond donors (Lipinski definition) is 3. The maximum atomic E-state index is 14.8. The number of hydrogen-bond acceptors (Lipinski definition) is 6. The molecule has 0 radical (unpaired) electrons. The van der Waals surface area contributed by atoms with Crippen molar-refractivity contribution in [1.29, 1.82) is 0 Å². The lowest BCUT2D eigenvalue weighted by molar-refractivity contribution is -0.141. The highest BCUT2D eigenvalue weighted by atomic mass is 35.5. The van der Waals surface area contributed by atoms with E-state index >= 15 is 0 Å². The quantitative estimate of drug-likeness (QED) is 0.302. The van der Waals surface area contributed by atoms with E-state index < -0.39 is 5.66 Å². The van der Waals surface area contributed by atoms with Gasteiger partial charge in [-0.2, -0.15) is 0 Å². The maximum absolute atomic E-state index is 14.8. The zero-order valence-electron chi connectivity index (χ0n) is 23.6. The first-order valence-corrected chi connectivity index (χ1v) is 14.8. The first-order valence-electron chi connectivity index (χ1n) is 14.1. The second-order valence-corrected chi connectivity index (χ2v) is 11.9. The third kappa shape index (κ3) is 6.20. The fourth-order valence-corrected chi connectivity index (χ4v) is 6.06. The zero-order valence-corrected chi connectivity index (χ0v) is 25.1. The number of piperidine rings is 1. The van der Waals surface area contributed by atoms with Crippen LogP contribution in [0.4, 0.5) is 0 Å². The van der Waals surface area contributed by atoms with Crippen LogP contribution in [-0.4, -0.2) is 48.8 Å². The Hall–Kier alpha value is -2.81. The van der Waals surface area contributed by atoms with Crippen molar-refractivity contribution in [2.45, 2.75) is 50.5 Å². The number of nitrogens with one attached hydrogen (secondary N) is 2. The van der Waals surface area contributed by atoms with Crippen LogP contribution in [0.25, 0.3) is 0 Å². The molecule has 2 fully saturated rings. The molecule has 2 aliphatic heterocycles. The molecular formula is C32H37Cl2N3O4. The van der Waals surface area contributed by atoms with Crippen LogP contribution >= 0.6 is 23.2 Å². The van der Waals surface area contributed by atoms with E-state index in [2.05, 4.69) is 10.6 Å². The number of nitrogens with zero attached hydrogens (tertiary/aromatic N) is 1. The number of carbonyl (C=O) groups excluding carboxylic acids is 1. The van der Waals surface area contributed by atoms with Gasteiger partial charge in [0.25, 0.3) is 5.91 Å². The van der Waals surface area contributed by atoms with Crippen molar-refractivity contribution in [3.05, 3.63) is 93.5 Å². The largest absolute Gasteiger partial charge is 0.497 e. The minimum absolute atomic E-state index is 0.0944. The van der Waals surface area contributed by atoms with Gasteiger partial charge in [0.05, 0.1) is 25.3 Å². The number of aliphatic hydroxyl groups excluding tert-OH is 1. The van der Waals surface area contributed by atoms with Gasteiger partial charge in [0.1, 0.15) is 11.5 Å². The van der Waals surface area contributed by atoms with E-state index in [0.29, 0.717) is 40.2 Å². The first kappa shape index (κ1) is 29.7. The second-order valence-electron chi connectivity index (χ2n) is 11.0. The van der Waals surface area contributed by atoms with Crippen molar-refractivity contribution in [3.8, 4) is 11.5 Å². The molecule has 9 heteroatoms. The Morgan fingerprint density at radius 1 is 0.951 bits per heavy atom. The highest BCUT2D eigenvalue weighted by molar-refractivity contribution is 6.30. The van der Waals surface area contributed by atoms with Crippen LogP contribution in [0.15, 0.2) is 66.7 Å². The fraction of sp³-hybridized carbons (Fsp3) is 0.406. The van der Waals surface area contributed by atoms with E-state index in [-0.39, 0.29) is 36.6 Å². The zero-order chi connectivity index (χ0) is 29.1. The van der Waals surface area contributed by atoms with Crippen molar-refractivity contribution in [3.63, 3.8) is 0 Å². The van der Waals surface area contributed by atoms with Gasteiger partial charge in [-0.25, -0.2) is 0 Å². The molecule has 0 aliphatic carbocycles. The average molecular weight is 599 g/mol. The Kier molecular flexibility index (Phi) is 9.12. The van der Waals surface area contributed by atoms with Crippen LogP contribution in [0.1, 0.15) is 55.5 Å². The van der Waals surface area contributed by atoms with Crippen LogP contribution in [0.3, 0.4) is 0 Å². The van der Waals surface area contributed by atoms with E-state index in [1.54, 1.807) is 7.11 Å². The average Bonchev–Trinajstić information content (AvgIpc) is 3.39. The molecule has 3 aromatic carbocycles. The third-order valence-electron chi connectivity index (χ3n) is 7.97. The molecule has 0 saturated carbocycles. The van der Waals surface area contributed by atoms with Crippen molar-refractivity contribution >= 4 is 29.1 Å². The number of aliphatic hydroxyl groups is 1. The lowest BCUT2D eigenvalue weighted by Crippen LogP contribution is -2.60. The molecule has 0 spiro atoms. The van der Waals surface area contributed by atoms with Crippen molar-refractivity contribution < 1.29 is 19.4 Å². The molecular weight excluding hydrogens is 561 g/mol. The van der Waals surface area contributed by atoms with Crippen LogP contribution < -0.4 is 20.1 Å². The highest BCUT2D eigenvalue weighted by Crippen LogP contribution is 2.45. The van der Waals surface area contributed by atoms with Crippen LogP contribution in [0.2, 0.25) is 10.0 Å². The molecule has 3 N–H and O–H groups in total. The summed E-state index contributed by atoms with van der Waals surface area (Å²) in [4.78, 5) is 16.7. The molecule has 2 aliphatic rings. The van der Waals surface area contributed by atoms with E-state index in [4.69, 9.17) is 32.7 Å². The van der Waals surface area contributed by atoms with Crippen molar-refractivity contribution in [2.75, 3.05) is 26.8 Å². The summed E-state index contributed by atoms with van der Waals surface area (Å²) in [6, 6.07) is 20.4. The molecule has 218 valence electrons. The molecule has 2 heterocycles. The predicted octanol–water partition coefficient (Wildman–Crippen LogP) is 5.85. The summed E-state index contributed by atoms with van der Waals surface area (Å²) in [6.07, 6.45) is 1.36. The Balaban J connectivity index is 1.66. The van der Waals surface area contributed by atoms with Gasteiger partial charge in [0.2, 0.25) is 0 Å². The second kappa shape index (κ2) is 12.6. The Morgan fingerprint density at radius 2 is 1.49 bits per heavy atom. The normalized spacial score (nSPS) is 23.1. The molecule has 7 nitrogen and oxygen atoms in total. The number of carbonyl (C=O) groups is 1. The number of amides is 1. The Bertz CT molecular complexity index is 1290. The van der Waals surface area contributed by atoms with Gasteiger partial charge in [-0.1, -0.05) is 47.5 Å². The fourth-order valence-electron chi connectivity index (χ4n) is 5.81. The summed E-state index contributed by atoms with van der Waals surface area (Å²) in [5.74, 6) is 1.30. The van der Waals surface area contributed by atoms with Gasteiger partial charge >= 0.3 is 0 Å². The summed E-state index contributed by atoms with van der Waals surface area (Å²) in [6.45, 7) is 5.16. The molecule has 5 rings (SSSR count).